The second-order valence-corrected chi connectivity index (χ2v) is 3.81. The highest BCUT2D eigenvalue weighted by Gasteiger charge is 2.09. The average molecular weight is 273 g/mol. The minimum atomic E-state index is -0.965. The molecule has 18 heavy (non-hydrogen) atoms. The van der Waals surface area contributed by atoms with E-state index in [0.717, 1.165) is 0 Å². The van der Waals surface area contributed by atoms with Crippen LogP contribution >= 0.6 is 11.6 Å². The van der Waals surface area contributed by atoms with Crippen molar-refractivity contribution in [1.82, 2.24) is 5.32 Å². The Morgan fingerprint density at radius 3 is 2.78 bits per heavy atom. The third-order valence-electron chi connectivity index (χ3n) is 2.06. The lowest BCUT2D eigenvalue weighted by Crippen LogP contribution is -2.26. The Kier molecular flexibility index (Phi) is 5.41. The number of carbonyl (C=O) groups excluding carboxylic acids is 1. The largest absolute Gasteiger partial charge is 0.481 e. The van der Waals surface area contributed by atoms with Gasteiger partial charge in [0.05, 0.1) is 24.2 Å². The molecule has 0 fully saturated rings. The number of hydrogen-bond donors (Lipinski definition) is 3. The molecule has 1 aromatic rings. The fourth-order valence-corrected chi connectivity index (χ4v) is 1.40. The van der Waals surface area contributed by atoms with Gasteiger partial charge in [-0.3, -0.25) is 19.9 Å². The minimum absolute atomic E-state index is 0.0732. The van der Waals surface area contributed by atoms with Gasteiger partial charge in [-0.2, -0.15) is 0 Å². The van der Waals surface area contributed by atoms with Crippen LogP contribution in [0.15, 0.2) is 18.2 Å². The normalized spacial score (nSPS) is 9.89. The quantitative estimate of drug-likeness (QED) is 0.684. The van der Waals surface area contributed by atoms with Gasteiger partial charge in [-0.05, 0) is 18.2 Å². The topological polar surface area (TPSA) is 87.7 Å². The summed E-state index contributed by atoms with van der Waals surface area (Å²) in [6.45, 7) is 0.0732. The number of hydrogen-bond acceptors (Lipinski definition) is 4. The van der Waals surface area contributed by atoms with E-state index in [0.29, 0.717) is 16.3 Å². The number of carboxylic acid groups (broad SMARTS) is 1. The van der Waals surface area contributed by atoms with Crippen LogP contribution in [-0.2, 0) is 9.63 Å². The van der Waals surface area contributed by atoms with E-state index < -0.39 is 5.97 Å². The minimum Gasteiger partial charge on any atom is -0.481 e. The Morgan fingerprint density at radius 1 is 1.44 bits per heavy atom. The summed E-state index contributed by atoms with van der Waals surface area (Å²) in [6.07, 6.45) is -0.123. The smallest absolute Gasteiger partial charge is 0.305 e. The summed E-state index contributed by atoms with van der Waals surface area (Å²) in [7, 11) is 1.43. The average Bonchev–Trinajstić information content (AvgIpc) is 2.31. The molecule has 3 N–H and O–H groups in total. The molecular weight excluding hydrogens is 260 g/mol. The predicted octanol–water partition coefficient (Wildman–Crippen LogP) is 1.52. The zero-order valence-corrected chi connectivity index (χ0v) is 10.5. The molecule has 0 unspecified atom stereocenters. The monoisotopic (exact) mass is 272 g/mol. The molecule has 0 aliphatic carbocycles. The number of carboxylic acids is 1. The summed E-state index contributed by atoms with van der Waals surface area (Å²) in [5.74, 6) is -1.33. The maximum atomic E-state index is 11.7. The molecule has 0 heterocycles. The number of benzene rings is 1. The maximum absolute atomic E-state index is 11.7. The first-order valence-electron chi connectivity index (χ1n) is 5.13. The predicted molar refractivity (Wildman–Crippen MR) is 66.7 cm³/mol. The van der Waals surface area contributed by atoms with Crippen LogP contribution < -0.4 is 10.8 Å². The zero-order chi connectivity index (χ0) is 13.5. The fourth-order valence-electron chi connectivity index (χ4n) is 1.24. The Hall–Kier alpha value is -1.79. The molecule has 0 saturated carbocycles. The van der Waals surface area contributed by atoms with E-state index in [-0.39, 0.29) is 18.9 Å². The standard InChI is InChI=1S/C11H13ClN2O4/c1-18-14-9-6-7(2-3-8(9)12)11(17)13-5-4-10(15)16/h2-3,6,14H,4-5H2,1H3,(H,13,17)(H,15,16). The van der Waals surface area contributed by atoms with E-state index in [9.17, 15) is 9.59 Å². The van der Waals surface area contributed by atoms with Gasteiger partial charge in [-0.15, -0.1) is 0 Å². The molecule has 98 valence electrons. The van der Waals surface area contributed by atoms with Crippen LogP contribution in [0, 0.1) is 0 Å². The lowest BCUT2D eigenvalue weighted by atomic mass is 10.2. The molecule has 0 aromatic heterocycles. The maximum Gasteiger partial charge on any atom is 0.305 e. The molecule has 0 saturated heterocycles. The van der Waals surface area contributed by atoms with E-state index >= 15 is 0 Å². The van der Waals surface area contributed by atoms with Gasteiger partial charge in [0.15, 0.2) is 0 Å². The molecule has 6 nitrogen and oxygen atoms in total. The van der Waals surface area contributed by atoms with Crippen molar-refractivity contribution in [2.75, 3.05) is 19.1 Å². The first kappa shape index (κ1) is 14.3. The van der Waals surface area contributed by atoms with Crippen LogP contribution in [0.25, 0.3) is 0 Å². The van der Waals surface area contributed by atoms with Crippen molar-refractivity contribution < 1.29 is 19.5 Å². The highest BCUT2D eigenvalue weighted by Crippen LogP contribution is 2.22. The van der Waals surface area contributed by atoms with E-state index in [1.165, 1.54) is 13.2 Å². The SMILES string of the molecule is CONc1cc(C(=O)NCCC(=O)O)ccc1Cl. The Balaban J connectivity index is 2.68. The summed E-state index contributed by atoms with van der Waals surface area (Å²) >= 11 is 5.87. The Labute approximate surface area is 109 Å². The summed E-state index contributed by atoms with van der Waals surface area (Å²) in [6, 6.07) is 4.61. The van der Waals surface area contributed by atoms with Crippen molar-refractivity contribution in [1.29, 1.82) is 0 Å². The number of aliphatic carboxylic acids is 1. The highest BCUT2D eigenvalue weighted by atomic mass is 35.5. The van der Waals surface area contributed by atoms with E-state index in [1.54, 1.807) is 12.1 Å². The van der Waals surface area contributed by atoms with E-state index in [4.69, 9.17) is 21.5 Å². The van der Waals surface area contributed by atoms with E-state index in [1.807, 2.05) is 0 Å². The van der Waals surface area contributed by atoms with Crippen molar-refractivity contribution in [3.63, 3.8) is 0 Å². The van der Waals surface area contributed by atoms with Crippen molar-refractivity contribution in [2.45, 2.75) is 6.42 Å². The molecule has 0 aliphatic heterocycles. The van der Waals surface area contributed by atoms with Gasteiger partial charge in [0.1, 0.15) is 0 Å². The van der Waals surface area contributed by atoms with Crippen molar-refractivity contribution in [3.05, 3.63) is 28.8 Å². The number of carbonyl (C=O) groups is 2. The fraction of sp³-hybridized carbons (Fsp3) is 0.273. The number of anilines is 1. The number of rotatable bonds is 6. The summed E-state index contributed by atoms with van der Waals surface area (Å²) in [4.78, 5) is 26.7. The van der Waals surface area contributed by atoms with Crippen molar-refractivity contribution in [3.8, 4) is 0 Å². The third kappa shape index (κ3) is 4.23. The second kappa shape index (κ2) is 6.83. The van der Waals surface area contributed by atoms with Crippen LogP contribution in [0.4, 0.5) is 5.69 Å². The summed E-state index contributed by atoms with van der Waals surface area (Å²) in [5.41, 5.74) is 3.37. The van der Waals surface area contributed by atoms with Crippen molar-refractivity contribution in [2.24, 2.45) is 0 Å². The lowest BCUT2D eigenvalue weighted by molar-refractivity contribution is -0.136. The molecule has 1 aromatic carbocycles. The van der Waals surface area contributed by atoms with Gasteiger partial charge >= 0.3 is 5.97 Å². The first-order chi connectivity index (χ1) is 8.54. The first-order valence-corrected chi connectivity index (χ1v) is 5.51. The van der Waals surface area contributed by atoms with Crippen LogP contribution in [0.5, 0.6) is 0 Å². The summed E-state index contributed by atoms with van der Waals surface area (Å²) < 4.78 is 0. The molecular formula is C11H13ClN2O4. The van der Waals surface area contributed by atoms with Gasteiger partial charge in [-0.25, -0.2) is 0 Å². The van der Waals surface area contributed by atoms with Crippen molar-refractivity contribution >= 4 is 29.2 Å². The molecule has 0 bridgehead atoms. The van der Waals surface area contributed by atoms with Crippen LogP contribution in [0.1, 0.15) is 16.8 Å². The number of amides is 1. The molecule has 1 rings (SSSR count). The third-order valence-corrected chi connectivity index (χ3v) is 2.39. The molecule has 0 spiro atoms. The summed E-state index contributed by atoms with van der Waals surface area (Å²) in [5, 5.41) is 11.4. The lowest BCUT2D eigenvalue weighted by Gasteiger charge is -2.08. The zero-order valence-electron chi connectivity index (χ0n) is 9.70. The molecule has 0 atom stereocenters. The van der Waals surface area contributed by atoms with Gasteiger partial charge < -0.3 is 10.4 Å². The molecule has 7 heteroatoms. The van der Waals surface area contributed by atoms with E-state index in [2.05, 4.69) is 10.8 Å². The molecule has 1 amide bonds. The molecule has 0 aliphatic rings. The Bertz CT molecular complexity index is 451. The van der Waals surface area contributed by atoms with Crippen LogP contribution in [0.2, 0.25) is 5.02 Å². The highest BCUT2D eigenvalue weighted by molar-refractivity contribution is 6.33. The van der Waals surface area contributed by atoms with Gasteiger partial charge in [-0.1, -0.05) is 11.6 Å². The second-order valence-electron chi connectivity index (χ2n) is 3.40. The number of nitrogens with one attached hydrogen (secondary N) is 2. The van der Waals surface area contributed by atoms with Gasteiger partial charge in [0.2, 0.25) is 0 Å². The Morgan fingerprint density at radius 2 is 2.17 bits per heavy atom. The number of halogens is 1. The van der Waals surface area contributed by atoms with Crippen LogP contribution in [0.3, 0.4) is 0 Å². The van der Waals surface area contributed by atoms with Gasteiger partial charge in [0, 0.05) is 12.1 Å². The molecule has 0 radical (unpaired) electrons. The van der Waals surface area contributed by atoms with Gasteiger partial charge in [0.25, 0.3) is 5.91 Å². The van der Waals surface area contributed by atoms with Crippen LogP contribution in [-0.4, -0.2) is 30.6 Å².